The molecule has 11 aromatic rings. The molecule has 4 nitrogen and oxygen atoms in total. The number of benzene rings is 9. The molecule has 9 aromatic carbocycles. The average Bonchev–Trinajstić information content (AvgIpc) is 3.85. The number of alkyl halides is 3. The second-order valence-corrected chi connectivity index (χ2v) is 16.8. The molecule has 7 heteroatoms. The fourth-order valence-electron chi connectivity index (χ4n) is 9.63. The van der Waals surface area contributed by atoms with E-state index in [1.807, 2.05) is 54.6 Å². The average molecular weight is 859 g/mol. The lowest BCUT2D eigenvalue weighted by Crippen LogP contribution is -2.04. The van der Waals surface area contributed by atoms with Crippen molar-refractivity contribution in [2.24, 2.45) is 0 Å². The van der Waals surface area contributed by atoms with Crippen molar-refractivity contribution >= 4 is 55.0 Å². The van der Waals surface area contributed by atoms with E-state index in [0.29, 0.717) is 16.8 Å². The molecule has 0 radical (unpaired) electrons. The number of hydrogen-bond acceptors (Lipinski definition) is 0. The highest BCUT2D eigenvalue weighted by Gasteiger charge is 2.31. The van der Waals surface area contributed by atoms with Gasteiger partial charge in [0.15, 0.2) is 11.4 Å². The van der Waals surface area contributed by atoms with E-state index < -0.39 is 11.7 Å². The zero-order chi connectivity index (χ0) is 45.3. The Labute approximate surface area is 379 Å². The van der Waals surface area contributed by atoms with Crippen LogP contribution < -0.4 is 0 Å². The third kappa shape index (κ3) is 6.69. The van der Waals surface area contributed by atoms with E-state index >= 15 is 0 Å². The normalized spacial score (nSPS) is 11.7. The molecule has 0 aliphatic heterocycles. The molecule has 314 valence electrons. The highest BCUT2D eigenvalue weighted by atomic mass is 19.4. The van der Waals surface area contributed by atoms with Gasteiger partial charge in [-0.2, -0.15) is 13.2 Å². The Kier molecular flexibility index (Phi) is 9.46. The maximum absolute atomic E-state index is 14.0. The molecule has 0 bridgehead atoms. The molecule has 0 N–H and O–H groups in total. The summed E-state index contributed by atoms with van der Waals surface area (Å²) in [4.78, 5) is 7.52. The van der Waals surface area contributed by atoms with Gasteiger partial charge in [-0.1, -0.05) is 139 Å². The van der Waals surface area contributed by atoms with Crippen molar-refractivity contribution in [3.8, 4) is 55.9 Å². The molecule has 0 aliphatic rings. The molecule has 0 unspecified atom stereocenters. The van der Waals surface area contributed by atoms with E-state index in [4.69, 9.17) is 13.1 Å². The first kappa shape index (κ1) is 40.1. The Morgan fingerprint density at radius 3 is 1.48 bits per heavy atom. The third-order valence-corrected chi connectivity index (χ3v) is 12.7. The summed E-state index contributed by atoms with van der Waals surface area (Å²) in [6.07, 6.45) is -4.60. The predicted molar refractivity (Wildman–Crippen MR) is 264 cm³/mol. The zero-order valence-corrected chi connectivity index (χ0v) is 35.8. The van der Waals surface area contributed by atoms with Gasteiger partial charge in [-0.3, -0.25) is 0 Å². The van der Waals surface area contributed by atoms with Crippen molar-refractivity contribution in [2.45, 2.75) is 20.0 Å². The summed E-state index contributed by atoms with van der Waals surface area (Å²) in [5.74, 6) is 0. The molecule has 2 heterocycles. The first-order valence-electron chi connectivity index (χ1n) is 21.5. The number of para-hydroxylation sites is 2. The molecule has 66 heavy (non-hydrogen) atoms. The van der Waals surface area contributed by atoms with Crippen LogP contribution in [-0.4, -0.2) is 9.13 Å². The number of fused-ring (bicyclic) bond motifs is 6. The van der Waals surface area contributed by atoms with Crippen molar-refractivity contribution in [3.63, 3.8) is 0 Å². The smallest absolute Gasteiger partial charge is 0.309 e. The van der Waals surface area contributed by atoms with Crippen LogP contribution in [0.1, 0.15) is 16.7 Å². The first-order valence-corrected chi connectivity index (χ1v) is 21.5. The van der Waals surface area contributed by atoms with Gasteiger partial charge < -0.3 is 9.13 Å². The van der Waals surface area contributed by atoms with Gasteiger partial charge in [-0.15, -0.1) is 0 Å². The first-order chi connectivity index (χ1) is 32.1. The van der Waals surface area contributed by atoms with Crippen LogP contribution in [0.3, 0.4) is 0 Å². The predicted octanol–water partition coefficient (Wildman–Crippen LogP) is 17.3. The van der Waals surface area contributed by atoms with E-state index in [0.717, 1.165) is 106 Å². The van der Waals surface area contributed by atoms with Gasteiger partial charge in [0.1, 0.15) is 0 Å². The van der Waals surface area contributed by atoms with Gasteiger partial charge >= 0.3 is 6.18 Å². The van der Waals surface area contributed by atoms with Crippen molar-refractivity contribution in [1.82, 2.24) is 9.13 Å². The summed E-state index contributed by atoms with van der Waals surface area (Å²) in [7, 11) is 0. The van der Waals surface area contributed by atoms with E-state index in [-0.39, 0.29) is 5.69 Å². The molecular weight excluding hydrogens is 822 g/mol. The molecule has 0 saturated carbocycles. The van der Waals surface area contributed by atoms with Crippen molar-refractivity contribution in [2.75, 3.05) is 0 Å². The second-order valence-electron chi connectivity index (χ2n) is 16.8. The fourth-order valence-corrected chi connectivity index (χ4v) is 9.63. The van der Waals surface area contributed by atoms with E-state index in [2.05, 4.69) is 148 Å². The van der Waals surface area contributed by atoms with Crippen molar-refractivity contribution in [3.05, 3.63) is 228 Å². The maximum atomic E-state index is 14.0. The molecule has 11 rings (SSSR count). The lowest BCUT2D eigenvalue weighted by atomic mass is 9.94. The SMILES string of the molecule is [C-]#[N+]c1ccc(-n2c3ccccc3c3cc(-c4cccc(C)c4)ccc32)c(-c2ccc(-c3ccc(C(F)(F)F)cc3[N+]#[C-])cc2-n2c3ccccc3c3cc(-c4cccc(C)c4)ccc32)c1. The minimum atomic E-state index is -4.60. The Hall–Kier alpha value is -8.65. The van der Waals surface area contributed by atoms with Crippen molar-refractivity contribution < 1.29 is 13.2 Å². The topological polar surface area (TPSA) is 18.6 Å². The standard InChI is InChI=1S/C59H37F3N4/c1-36-11-9-13-38(29-36)40-20-26-55-49(31-40)46-15-5-7-17-53(46)65(55)57-28-23-44(63-3)35-51(57)48-24-19-42(45-25-22-43(59(60,61)62)34-52(45)64-4)33-58(48)66-54-18-8-6-16-47(54)50-32-41(21-27-56(50)66)39-14-10-12-37(2)30-39/h5-35H,1-2H3. The van der Waals surface area contributed by atoms with Gasteiger partial charge in [0, 0.05) is 32.7 Å². The molecule has 0 amide bonds. The minimum absolute atomic E-state index is 0.0976. The summed E-state index contributed by atoms with van der Waals surface area (Å²) in [6.45, 7) is 20.4. The molecule has 0 saturated heterocycles. The monoisotopic (exact) mass is 858 g/mol. The van der Waals surface area contributed by atoms with Crippen LogP contribution in [0.25, 0.3) is 109 Å². The van der Waals surface area contributed by atoms with E-state index in [1.165, 1.54) is 11.6 Å². The third-order valence-electron chi connectivity index (χ3n) is 12.7. The summed E-state index contributed by atoms with van der Waals surface area (Å²) < 4.78 is 46.4. The van der Waals surface area contributed by atoms with E-state index in [1.54, 1.807) is 0 Å². The summed E-state index contributed by atoms with van der Waals surface area (Å²) in [5.41, 5.74) is 14.2. The Balaban J connectivity index is 1.21. The van der Waals surface area contributed by atoms with Crippen LogP contribution in [0.4, 0.5) is 24.5 Å². The summed E-state index contributed by atoms with van der Waals surface area (Å²) in [6, 6.07) is 61.5. The van der Waals surface area contributed by atoms with Crippen LogP contribution >= 0.6 is 0 Å². The Morgan fingerprint density at radius 2 is 0.924 bits per heavy atom. The lowest BCUT2D eigenvalue weighted by molar-refractivity contribution is -0.137. The highest BCUT2D eigenvalue weighted by molar-refractivity contribution is 6.13. The highest BCUT2D eigenvalue weighted by Crippen LogP contribution is 2.46. The quantitative estimate of drug-likeness (QED) is 0.148. The second kappa shape index (κ2) is 15.6. The fraction of sp³-hybridized carbons (Fsp3) is 0.0508. The van der Waals surface area contributed by atoms with Crippen LogP contribution in [-0.2, 0) is 6.18 Å². The van der Waals surface area contributed by atoms with Crippen LogP contribution in [0.2, 0.25) is 0 Å². The number of aromatic nitrogens is 2. The number of aryl methyl sites for hydroxylation is 2. The molecule has 2 aromatic heterocycles. The zero-order valence-electron chi connectivity index (χ0n) is 35.8. The molecule has 0 spiro atoms. The number of hydrogen-bond donors (Lipinski definition) is 0. The molecule has 0 aliphatic carbocycles. The minimum Gasteiger partial charge on any atom is -0.309 e. The van der Waals surface area contributed by atoms with Crippen LogP contribution in [0.15, 0.2) is 188 Å². The van der Waals surface area contributed by atoms with Gasteiger partial charge in [-0.05, 0) is 113 Å². The number of rotatable bonds is 6. The Morgan fingerprint density at radius 1 is 0.394 bits per heavy atom. The lowest BCUT2D eigenvalue weighted by Gasteiger charge is -2.20. The number of halogens is 3. The van der Waals surface area contributed by atoms with Crippen molar-refractivity contribution in [1.29, 1.82) is 0 Å². The van der Waals surface area contributed by atoms with Gasteiger partial charge in [0.25, 0.3) is 0 Å². The molecule has 0 fully saturated rings. The molecular formula is C59H37F3N4. The molecule has 0 atom stereocenters. The summed E-state index contributed by atoms with van der Waals surface area (Å²) >= 11 is 0. The largest absolute Gasteiger partial charge is 0.415 e. The Bertz CT molecular complexity index is 3870. The summed E-state index contributed by atoms with van der Waals surface area (Å²) in [5, 5.41) is 4.22. The van der Waals surface area contributed by atoms with Gasteiger partial charge in [-0.25, -0.2) is 9.69 Å². The number of nitrogens with zero attached hydrogens (tertiary/aromatic N) is 4. The van der Waals surface area contributed by atoms with Gasteiger partial charge in [0.2, 0.25) is 0 Å². The maximum Gasteiger partial charge on any atom is 0.415 e. The van der Waals surface area contributed by atoms with Crippen LogP contribution in [0, 0.1) is 27.0 Å². The van der Waals surface area contributed by atoms with Gasteiger partial charge in [0.05, 0.1) is 46.6 Å². The van der Waals surface area contributed by atoms with Crippen LogP contribution in [0.5, 0.6) is 0 Å². The van der Waals surface area contributed by atoms with E-state index in [9.17, 15) is 13.2 Å².